The van der Waals surface area contributed by atoms with Gasteiger partial charge < -0.3 is 14.6 Å². The van der Waals surface area contributed by atoms with Crippen LogP contribution in [0.2, 0.25) is 0 Å². The van der Waals surface area contributed by atoms with Crippen molar-refractivity contribution in [1.29, 1.82) is 0 Å². The minimum absolute atomic E-state index is 0.0723. The zero-order valence-electron chi connectivity index (χ0n) is 13.7. The van der Waals surface area contributed by atoms with Gasteiger partial charge in [-0.25, -0.2) is 0 Å². The number of para-hydroxylation sites is 1. The molecule has 0 saturated heterocycles. The summed E-state index contributed by atoms with van der Waals surface area (Å²) in [6.07, 6.45) is -0.580. The first kappa shape index (κ1) is 16.1. The topological polar surface area (TPSA) is 41.9 Å². The number of nitrogens with zero attached hydrogens (tertiary/aromatic N) is 1. The number of aliphatic hydroxyl groups excluding tert-OH is 1. The van der Waals surface area contributed by atoms with E-state index in [1.54, 1.807) is 0 Å². The second-order valence-corrected chi connectivity index (χ2v) is 5.92. The van der Waals surface area contributed by atoms with Crippen LogP contribution in [0.25, 0.3) is 0 Å². The van der Waals surface area contributed by atoms with Crippen LogP contribution in [0.4, 0.5) is 0 Å². The van der Waals surface area contributed by atoms with Gasteiger partial charge >= 0.3 is 0 Å². The van der Waals surface area contributed by atoms with Crippen LogP contribution in [0.1, 0.15) is 46.3 Å². The van der Waals surface area contributed by atoms with Gasteiger partial charge in [-0.05, 0) is 39.9 Å². The minimum atomic E-state index is -0.580. The Morgan fingerprint density at radius 3 is 2.48 bits per heavy atom. The number of aliphatic hydroxyl groups is 1. The molecule has 0 amide bonds. The van der Waals surface area contributed by atoms with Crippen LogP contribution in [0.5, 0.6) is 11.5 Å². The maximum atomic E-state index is 10.9. The fourth-order valence-corrected chi connectivity index (χ4v) is 3.27. The molecular weight excluding hydrogens is 266 g/mol. The van der Waals surface area contributed by atoms with Crippen molar-refractivity contribution in [1.82, 2.24) is 4.90 Å². The largest absolute Gasteiger partial charge is 0.490 e. The molecule has 2 unspecified atom stereocenters. The highest BCUT2D eigenvalue weighted by Gasteiger charge is 2.46. The maximum absolute atomic E-state index is 10.9. The van der Waals surface area contributed by atoms with Gasteiger partial charge in [-0.3, -0.25) is 4.90 Å². The van der Waals surface area contributed by atoms with E-state index in [0.29, 0.717) is 18.1 Å². The smallest absolute Gasteiger partial charge is 0.167 e. The summed E-state index contributed by atoms with van der Waals surface area (Å²) in [5.41, 5.74) is 0.336. The van der Waals surface area contributed by atoms with Crippen LogP contribution in [0, 0.1) is 0 Å². The number of hydrogen-bond acceptors (Lipinski definition) is 4. The van der Waals surface area contributed by atoms with Crippen molar-refractivity contribution in [3.63, 3.8) is 0 Å². The van der Waals surface area contributed by atoms with Crippen LogP contribution in [-0.2, 0) is 0 Å². The molecular formula is C17H27NO3. The molecule has 0 bridgehead atoms. The Bertz CT molecular complexity index is 483. The molecule has 0 saturated carbocycles. The number of benzene rings is 1. The highest BCUT2D eigenvalue weighted by molar-refractivity contribution is 5.50. The Balaban J connectivity index is 2.47. The summed E-state index contributed by atoms with van der Waals surface area (Å²) in [5.74, 6) is 1.39. The molecule has 1 N–H and O–H groups in total. The van der Waals surface area contributed by atoms with Crippen molar-refractivity contribution < 1.29 is 14.6 Å². The van der Waals surface area contributed by atoms with Crippen molar-refractivity contribution in [3.8, 4) is 11.5 Å². The van der Waals surface area contributed by atoms with Gasteiger partial charge in [0, 0.05) is 5.56 Å². The van der Waals surface area contributed by atoms with Gasteiger partial charge in [0.25, 0.3) is 0 Å². The molecule has 21 heavy (non-hydrogen) atoms. The molecule has 1 aliphatic rings. The highest BCUT2D eigenvalue weighted by atomic mass is 16.5. The average Bonchev–Trinajstić information content (AvgIpc) is 2.44. The summed E-state index contributed by atoms with van der Waals surface area (Å²) in [5, 5.41) is 10.9. The van der Waals surface area contributed by atoms with Gasteiger partial charge in [0.05, 0.1) is 12.6 Å². The average molecular weight is 293 g/mol. The SMILES string of the molecule is CCOc1cccc2c1OC(C)(C)C(N(CC)CC)C2O. The summed E-state index contributed by atoms with van der Waals surface area (Å²) in [6.45, 7) is 12.6. The maximum Gasteiger partial charge on any atom is 0.167 e. The molecule has 2 atom stereocenters. The standard InChI is InChI=1S/C17H27NO3/c1-6-18(7-2)16-14(19)12-10-9-11-13(20-8-3)15(12)21-17(16,4)5/h9-11,14,16,19H,6-8H2,1-5H3. The summed E-state index contributed by atoms with van der Waals surface area (Å²) in [4.78, 5) is 2.25. The Labute approximate surface area is 127 Å². The Kier molecular flexibility index (Phi) is 4.79. The highest BCUT2D eigenvalue weighted by Crippen LogP contribution is 2.46. The molecule has 1 aromatic rings. The van der Waals surface area contributed by atoms with E-state index in [4.69, 9.17) is 9.47 Å². The van der Waals surface area contributed by atoms with Gasteiger partial charge in [-0.1, -0.05) is 26.0 Å². The lowest BCUT2D eigenvalue weighted by Gasteiger charge is -2.47. The van der Waals surface area contributed by atoms with Crippen LogP contribution in [0.15, 0.2) is 18.2 Å². The quantitative estimate of drug-likeness (QED) is 0.906. The molecule has 0 aliphatic carbocycles. The van der Waals surface area contributed by atoms with Crippen LogP contribution >= 0.6 is 0 Å². The van der Waals surface area contributed by atoms with Crippen LogP contribution in [-0.4, -0.2) is 41.3 Å². The zero-order valence-corrected chi connectivity index (χ0v) is 13.7. The Hall–Kier alpha value is -1.26. The monoisotopic (exact) mass is 293 g/mol. The van der Waals surface area contributed by atoms with E-state index in [-0.39, 0.29) is 6.04 Å². The molecule has 1 heterocycles. The third-order valence-corrected chi connectivity index (χ3v) is 4.21. The van der Waals surface area contributed by atoms with Crippen molar-refractivity contribution >= 4 is 0 Å². The zero-order chi connectivity index (χ0) is 15.6. The third kappa shape index (κ3) is 2.87. The number of ether oxygens (including phenoxy) is 2. The third-order valence-electron chi connectivity index (χ3n) is 4.21. The summed E-state index contributed by atoms with van der Waals surface area (Å²) < 4.78 is 11.9. The normalized spacial score (nSPS) is 23.6. The van der Waals surface area contributed by atoms with E-state index in [1.165, 1.54) is 0 Å². The second kappa shape index (κ2) is 6.24. The molecule has 1 aromatic carbocycles. The Morgan fingerprint density at radius 2 is 1.90 bits per heavy atom. The first-order valence-corrected chi connectivity index (χ1v) is 7.83. The molecule has 0 aromatic heterocycles. The molecule has 4 heteroatoms. The van der Waals surface area contributed by atoms with Crippen molar-refractivity contribution in [2.24, 2.45) is 0 Å². The van der Waals surface area contributed by atoms with Gasteiger partial charge in [0.15, 0.2) is 11.5 Å². The van der Waals surface area contributed by atoms with E-state index < -0.39 is 11.7 Å². The van der Waals surface area contributed by atoms with E-state index in [9.17, 15) is 5.11 Å². The fourth-order valence-electron chi connectivity index (χ4n) is 3.27. The molecule has 0 spiro atoms. The molecule has 0 radical (unpaired) electrons. The predicted octanol–water partition coefficient (Wildman–Crippen LogP) is 3.00. The number of fused-ring (bicyclic) bond motifs is 1. The lowest BCUT2D eigenvalue weighted by molar-refractivity contribution is -0.0811. The first-order chi connectivity index (χ1) is 9.96. The van der Waals surface area contributed by atoms with Gasteiger partial charge in [-0.15, -0.1) is 0 Å². The number of likely N-dealkylation sites (N-methyl/N-ethyl adjacent to an activating group) is 1. The summed E-state index contributed by atoms with van der Waals surface area (Å²) >= 11 is 0. The predicted molar refractivity (Wildman–Crippen MR) is 84.0 cm³/mol. The molecule has 2 rings (SSSR count). The molecule has 1 aliphatic heterocycles. The van der Waals surface area contributed by atoms with Crippen molar-refractivity contribution in [2.45, 2.75) is 52.4 Å². The second-order valence-electron chi connectivity index (χ2n) is 5.92. The minimum Gasteiger partial charge on any atom is -0.490 e. The van der Waals surface area contributed by atoms with Crippen LogP contribution < -0.4 is 9.47 Å². The van der Waals surface area contributed by atoms with E-state index in [1.807, 2.05) is 39.0 Å². The molecule has 4 nitrogen and oxygen atoms in total. The number of hydrogen-bond donors (Lipinski definition) is 1. The molecule has 118 valence electrons. The van der Waals surface area contributed by atoms with E-state index >= 15 is 0 Å². The fraction of sp³-hybridized carbons (Fsp3) is 0.647. The first-order valence-electron chi connectivity index (χ1n) is 7.83. The van der Waals surface area contributed by atoms with Crippen LogP contribution in [0.3, 0.4) is 0 Å². The lowest BCUT2D eigenvalue weighted by Crippen LogP contribution is -2.57. The van der Waals surface area contributed by atoms with E-state index in [2.05, 4.69) is 18.7 Å². The van der Waals surface area contributed by atoms with E-state index in [0.717, 1.165) is 18.7 Å². The van der Waals surface area contributed by atoms with Crippen molar-refractivity contribution in [3.05, 3.63) is 23.8 Å². The number of rotatable bonds is 5. The summed E-state index contributed by atoms with van der Waals surface area (Å²) in [6, 6.07) is 5.65. The lowest BCUT2D eigenvalue weighted by atomic mass is 9.84. The van der Waals surface area contributed by atoms with Gasteiger partial charge in [0.1, 0.15) is 11.7 Å². The Morgan fingerprint density at radius 1 is 1.24 bits per heavy atom. The van der Waals surface area contributed by atoms with Gasteiger partial charge in [0.2, 0.25) is 0 Å². The molecule has 0 fully saturated rings. The van der Waals surface area contributed by atoms with Crippen molar-refractivity contribution in [2.75, 3.05) is 19.7 Å². The summed E-state index contributed by atoms with van der Waals surface area (Å²) in [7, 11) is 0. The van der Waals surface area contributed by atoms with Gasteiger partial charge in [-0.2, -0.15) is 0 Å².